The number of hydrazine groups is 1. The van der Waals surface area contributed by atoms with Gasteiger partial charge in [-0.15, -0.1) is 11.8 Å². The Morgan fingerprint density at radius 2 is 2.19 bits per heavy atom. The molecule has 7 nitrogen and oxygen atoms in total. The highest BCUT2D eigenvalue weighted by atomic mass is 32.2. The molecule has 2 heterocycles. The molecule has 0 spiro atoms. The molecule has 0 bridgehead atoms. The van der Waals surface area contributed by atoms with Crippen molar-refractivity contribution in [1.29, 1.82) is 0 Å². The van der Waals surface area contributed by atoms with E-state index in [9.17, 15) is 4.79 Å². The summed E-state index contributed by atoms with van der Waals surface area (Å²) >= 11 is 1.98. The Morgan fingerprint density at radius 1 is 1.33 bits per heavy atom. The number of carbonyl (C=O) groups is 1. The molecule has 5 unspecified atom stereocenters. The first-order valence-electron chi connectivity index (χ1n) is 10.6. The van der Waals surface area contributed by atoms with Crippen molar-refractivity contribution in [3.63, 3.8) is 0 Å². The van der Waals surface area contributed by atoms with Crippen LogP contribution < -0.4 is 21.5 Å². The number of thioether (sulfide) groups is 1. The highest BCUT2D eigenvalue weighted by molar-refractivity contribution is 8.00. The number of piperidine rings is 1. The second-order valence-electron chi connectivity index (χ2n) is 8.47. The van der Waals surface area contributed by atoms with Crippen LogP contribution in [0.1, 0.15) is 51.9 Å². The average molecular weight is 400 g/mol. The van der Waals surface area contributed by atoms with E-state index < -0.39 is 0 Å². The molecule has 0 radical (unpaired) electrons. The molecule has 1 amide bonds. The normalized spacial score (nSPS) is 36.5. The number of aliphatic hydroxyl groups excluding tert-OH is 1. The predicted molar refractivity (Wildman–Crippen MR) is 110 cm³/mol. The minimum atomic E-state index is -0.0927. The fourth-order valence-electron chi connectivity index (χ4n) is 4.63. The van der Waals surface area contributed by atoms with Crippen molar-refractivity contribution in [2.75, 3.05) is 26.9 Å². The van der Waals surface area contributed by atoms with Gasteiger partial charge in [-0.05, 0) is 64.0 Å². The monoisotopic (exact) mass is 399 g/mol. The first-order valence-corrected chi connectivity index (χ1v) is 11.5. The maximum atomic E-state index is 12.7. The zero-order valence-corrected chi connectivity index (χ0v) is 17.6. The van der Waals surface area contributed by atoms with Gasteiger partial charge in [-0.1, -0.05) is 13.3 Å². The molecule has 1 saturated carbocycles. The Labute approximate surface area is 167 Å². The Hall–Kier alpha value is -0.380. The van der Waals surface area contributed by atoms with Crippen molar-refractivity contribution in [2.45, 2.75) is 74.7 Å². The minimum Gasteiger partial charge on any atom is -0.396 e. The predicted octanol–water partition coefficient (Wildman–Crippen LogP) is 0.814. The number of aliphatic hydroxyl groups is 1. The molecule has 3 aliphatic rings. The topological polar surface area (TPSA) is 88.7 Å². The fourth-order valence-corrected chi connectivity index (χ4v) is 5.94. The highest BCUT2D eigenvalue weighted by Crippen LogP contribution is 2.35. The number of rotatable bonds is 7. The quantitative estimate of drug-likeness (QED) is 0.433. The van der Waals surface area contributed by atoms with Crippen molar-refractivity contribution in [1.82, 2.24) is 26.4 Å². The fraction of sp³-hybridized carbons (Fsp3) is 0.947. The van der Waals surface area contributed by atoms with Gasteiger partial charge in [-0.2, -0.15) is 0 Å². The van der Waals surface area contributed by atoms with Gasteiger partial charge in [0.2, 0.25) is 5.91 Å². The second-order valence-corrected chi connectivity index (χ2v) is 9.93. The first kappa shape index (κ1) is 21.3. The molecular formula is C19H37N5O2S. The summed E-state index contributed by atoms with van der Waals surface area (Å²) in [6.07, 6.45) is 7.34. The van der Waals surface area contributed by atoms with Crippen molar-refractivity contribution in [3.05, 3.63) is 0 Å². The van der Waals surface area contributed by atoms with E-state index in [0.29, 0.717) is 28.6 Å². The van der Waals surface area contributed by atoms with E-state index in [1.165, 1.54) is 12.8 Å². The molecule has 156 valence electrons. The second kappa shape index (κ2) is 10.4. The first-order chi connectivity index (χ1) is 13.1. The van der Waals surface area contributed by atoms with Crippen LogP contribution in [0.2, 0.25) is 0 Å². The van der Waals surface area contributed by atoms with Gasteiger partial charge in [0, 0.05) is 17.9 Å². The zero-order valence-electron chi connectivity index (χ0n) is 16.7. The van der Waals surface area contributed by atoms with E-state index in [1.54, 1.807) is 0 Å². The number of hydrogen-bond acceptors (Lipinski definition) is 7. The summed E-state index contributed by atoms with van der Waals surface area (Å²) in [6, 6.07) is 0.205. The number of nitrogens with one attached hydrogen (secondary N) is 4. The third-order valence-electron chi connectivity index (χ3n) is 6.39. The molecule has 5 N–H and O–H groups in total. The van der Waals surface area contributed by atoms with Crippen LogP contribution in [0, 0.1) is 11.8 Å². The van der Waals surface area contributed by atoms with E-state index in [-0.39, 0.29) is 18.6 Å². The molecule has 27 heavy (non-hydrogen) atoms. The van der Waals surface area contributed by atoms with Gasteiger partial charge in [0.05, 0.1) is 12.7 Å². The van der Waals surface area contributed by atoms with Crippen molar-refractivity contribution >= 4 is 17.7 Å². The largest absolute Gasteiger partial charge is 0.396 e. The van der Waals surface area contributed by atoms with Crippen molar-refractivity contribution < 1.29 is 9.90 Å². The molecule has 1 aliphatic carbocycles. The lowest BCUT2D eigenvalue weighted by atomic mass is 9.83. The molecule has 6 atom stereocenters. The maximum Gasteiger partial charge on any atom is 0.237 e. The van der Waals surface area contributed by atoms with E-state index in [2.05, 4.69) is 40.4 Å². The van der Waals surface area contributed by atoms with Gasteiger partial charge in [0.1, 0.15) is 5.50 Å². The summed E-state index contributed by atoms with van der Waals surface area (Å²) in [4.78, 5) is 15.0. The van der Waals surface area contributed by atoms with Crippen LogP contribution in [-0.2, 0) is 4.79 Å². The van der Waals surface area contributed by atoms with Crippen LogP contribution in [0.5, 0.6) is 0 Å². The van der Waals surface area contributed by atoms with Gasteiger partial charge < -0.3 is 15.7 Å². The smallest absolute Gasteiger partial charge is 0.237 e. The molecule has 3 rings (SSSR count). The summed E-state index contributed by atoms with van der Waals surface area (Å²) in [5, 5.41) is 16.4. The summed E-state index contributed by atoms with van der Waals surface area (Å²) in [7, 11) is 2.13. The Morgan fingerprint density at radius 3 is 2.93 bits per heavy atom. The minimum absolute atomic E-state index is 0.0927. The van der Waals surface area contributed by atoms with E-state index in [1.807, 2.05) is 11.8 Å². The molecule has 2 saturated heterocycles. The Bertz CT molecular complexity index is 481. The highest BCUT2D eigenvalue weighted by Gasteiger charge is 2.33. The zero-order chi connectivity index (χ0) is 19.2. The lowest BCUT2D eigenvalue weighted by Gasteiger charge is -2.36. The number of nitrogens with zero attached hydrogens (tertiary/aromatic N) is 1. The van der Waals surface area contributed by atoms with Gasteiger partial charge in [-0.25, -0.2) is 10.9 Å². The van der Waals surface area contributed by atoms with Gasteiger partial charge in [0.25, 0.3) is 0 Å². The molecule has 0 aromatic rings. The van der Waals surface area contributed by atoms with E-state index in [4.69, 9.17) is 5.11 Å². The Kier molecular flexibility index (Phi) is 8.23. The number of hydrogen-bond donors (Lipinski definition) is 5. The van der Waals surface area contributed by atoms with Gasteiger partial charge >= 0.3 is 0 Å². The van der Waals surface area contributed by atoms with E-state index in [0.717, 1.165) is 45.3 Å². The molecule has 2 aliphatic heterocycles. The summed E-state index contributed by atoms with van der Waals surface area (Å²) in [5.41, 5.74) is 6.83. The lowest BCUT2D eigenvalue weighted by Crippen LogP contribution is -2.52. The third kappa shape index (κ3) is 6.05. The third-order valence-corrected chi connectivity index (χ3v) is 7.94. The van der Waals surface area contributed by atoms with Crippen LogP contribution in [-0.4, -0.2) is 65.6 Å². The average Bonchev–Trinajstić information content (AvgIpc) is 3.07. The van der Waals surface area contributed by atoms with E-state index >= 15 is 0 Å². The molecule has 0 aromatic carbocycles. The van der Waals surface area contributed by atoms with Crippen molar-refractivity contribution in [3.8, 4) is 0 Å². The summed E-state index contributed by atoms with van der Waals surface area (Å²) in [5.74, 6) is 1.27. The summed E-state index contributed by atoms with van der Waals surface area (Å²) < 4.78 is 0. The van der Waals surface area contributed by atoms with Crippen LogP contribution >= 0.6 is 11.8 Å². The maximum absolute atomic E-state index is 12.7. The standard InChI is InChI=1S/C19H37N5O2S/c1-13(27-19-23-21-12-24(19)2)15-4-3-5-16(11-15)22-18(26)17-10-14(7-9-25)6-8-20-17/h13-17,19-21,23,25H,3-12H2,1-2H3,(H,22,26)/t13-,14?,15?,16?,17?,19?/m0/s1. The SMILES string of the molecule is C[C@H](SC1NNCN1C)C1CCCC(NC(=O)C2CC(CCO)CCN2)C1. The van der Waals surface area contributed by atoms with Crippen LogP contribution in [0.15, 0.2) is 0 Å². The van der Waals surface area contributed by atoms with Gasteiger partial charge in [0.15, 0.2) is 0 Å². The van der Waals surface area contributed by atoms with Crippen molar-refractivity contribution in [2.24, 2.45) is 11.8 Å². The van der Waals surface area contributed by atoms with Crippen LogP contribution in [0.3, 0.4) is 0 Å². The number of carbonyl (C=O) groups excluding carboxylic acids is 1. The lowest BCUT2D eigenvalue weighted by molar-refractivity contribution is -0.125. The van der Waals surface area contributed by atoms with Crippen LogP contribution in [0.4, 0.5) is 0 Å². The van der Waals surface area contributed by atoms with Crippen LogP contribution in [0.25, 0.3) is 0 Å². The van der Waals surface area contributed by atoms with Gasteiger partial charge in [-0.3, -0.25) is 9.69 Å². The molecular weight excluding hydrogens is 362 g/mol. The number of amides is 1. The Balaban J connectivity index is 1.45. The summed E-state index contributed by atoms with van der Waals surface area (Å²) in [6.45, 7) is 4.30. The molecule has 0 aromatic heterocycles. The molecule has 3 fully saturated rings. The molecule has 8 heteroatoms.